The molecule has 0 fully saturated rings. The van der Waals surface area contributed by atoms with Crippen LogP contribution in [0, 0.1) is 27.7 Å². The van der Waals surface area contributed by atoms with E-state index >= 15 is 0 Å². The Morgan fingerprint density at radius 1 is 0.298 bits per heavy atom. The average Bonchev–Trinajstić information content (AvgIpc) is 3.60. The van der Waals surface area contributed by atoms with Crippen molar-refractivity contribution in [3.05, 3.63) is 191 Å². The van der Waals surface area contributed by atoms with Crippen molar-refractivity contribution in [2.75, 3.05) is 9.80 Å². The van der Waals surface area contributed by atoms with Gasteiger partial charge in [-0.25, -0.2) is 0 Å². The Hall–Kier alpha value is -5.60. The van der Waals surface area contributed by atoms with Crippen LogP contribution in [0.2, 0.25) is 0 Å². The molecule has 0 amide bonds. The molecule has 2 heteroatoms. The van der Waals surface area contributed by atoms with Crippen LogP contribution in [-0.2, 0) is 0 Å². The van der Waals surface area contributed by atoms with Crippen molar-refractivity contribution in [1.82, 2.24) is 0 Å². The van der Waals surface area contributed by atoms with Gasteiger partial charge in [0.05, 0.1) is 0 Å². The topological polar surface area (TPSA) is 6.48 Å². The molecule has 0 unspecified atom stereocenters. The Labute approximate surface area is 279 Å². The van der Waals surface area contributed by atoms with Crippen molar-refractivity contribution in [1.29, 1.82) is 0 Å². The highest BCUT2D eigenvalue weighted by Crippen LogP contribution is 2.40. The molecule has 0 aromatic heterocycles. The number of allylic oxidation sites excluding steroid dienone is 4. The second kappa shape index (κ2) is 13.0. The van der Waals surface area contributed by atoms with Crippen molar-refractivity contribution in [3.8, 4) is 0 Å². The zero-order chi connectivity index (χ0) is 32.3. The molecule has 0 heterocycles. The molecule has 47 heavy (non-hydrogen) atoms. The summed E-state index contributed by atoms with van der Waals surface area (Å²) in [7, 11) is 0. The SMILES string of the molecule is Cc1ccc(N(c2ccc(C)cc2)c2ccc(C3=CC=C(c4ccc(N(c5ccc(C)cc5)c5ccc(C)cc5)cc4)C3)cc2)cc1. The summed E-state index contributed by atoms with van der Waals surface area (Å²) >= 11 is 0. The lowest BCUT2D eigenvalue weighted by Crippen LogP contribution is -2.10. The lowest BCUT2D eigenvalue weighted by atomic mass is 9.98. The highest BCUT2D eigenvalue weighted by molar-refractivity contribution is 5.88. The smallest absolute Gasteiger partial charge is 0.0462 e. The molecular formula is C45H40N2. The summed E-state index contributed by atoms with van der Waals surface area (Å²) in [6.45, 7) is 8.52. The number of nitrogens with zero attached hydrogens (tertiary/aromatic N) is 2. The summed E-state index contributed by atoms with van der Waals surface area (Å²) in [6.07, 6.45) is 5.47. The molecule has 6 aromatic rings. The lowest BCUT2D eigenvalue weighted by Gasteiger charge is -2.26. The standard InChI is InChI=1S/C45H40N2/c1-32-5-19-40(20-6-32)46(41-21-7-33(2)8-22-41)44-27-15-36(16-28-44)38-13-14-39(31-38)37-17-29-45(30-18-37)47(42-23-9-34(3)10-24-42)43-25-11-35(4)12-26-43/h5-30H,31H2,1-4H3. The van der Waals surface area contributed by atoms with Crippen molar-refractivity contribution in [2.24, 2.45) is 0 Å². The molecule has 0 bridgehead atoms. The second-order valence-corrected chi connectivity index (χ2v) is 12.7. The normalized spacial score (nSPS) is 12.4. The van der Waals surface area contributed by atoms with Crippen LogP contribution in [-0.4, -0.2) is 0 Å². The summed E-state index contributed by atoms with van der Waals surface area (Å²) in [5.74, 6) is 0. The fourth-order valence-corrected chi connectivity index (χ4v) is 6.24. The predicted octanol–water partition coefficient (Wildman–Crippen LogP) is 12.7. The van der Waals surface area contributed by atoms with E-state index in [1.807, 2.05) is 0 Å². The van der Waals surface area contributed by atoms with Gasteiger partial charge in [-0.2, -0.15) is 0 Å². The molecule has 7 rings (SSSR count). The van der Waals surface area contributed by atoms with Gasteiger partial charge in [-0.3, -0.25) is 0 Å². The Balaban J connectivity index is 1.10. The van der Waals surface area contributed by atoms with Gasteiger partial charge in [0.25, 0.3) is 0 Å². The van der Waals surface area contributed by atoms with Gasteiger partial charge in [0.2, 0.25) is 0 Å². The van der Waals surface area contributed by atoms with Crippen molar-refractivity contribution < 1.29 is 0 Å². The molecule has 1 aliphatic carbocycles. The molecule has 0 aliphatic heterocycles. The summed E-state index contributed by atoms with van der Waals surface area (Å²) in [4.78, 5) is 4.65. The summed E-state index contributed by atoms with van der Waals surface area (Å²) < 4.78 is 0. The zero-order valence-corrected chi connectivity index (χ0v) is 27.6. The summed E-state index contributed by atoms with van der Waals surface area (Å²) in [5.41, 5.74) is 17.2. The molecule has 6 aromatic carbocycles. The third-order valence-electron chi connectivity index (χ3n) is 9.03. The molecule has 0 saturated carbocycles. The van der Waals surface area contributed by atoms with Crippen LogP contribution in [0.3, 0.4) is 0 Å². The van der Waals surface area contributed by atoms with E-state index in [1.165, 1.54) is 44.5 Å². The van der Waals surface area contributed by atoms with Gasteiger partial charge >= 0.3 is 0 Å². The number of rotatable bonds is 8. The number of aryl methyl sites for hydroxylation is 4. The van der Waals surface area contributed by atoms with E-state index < -0.39 is 0 Å². The summed E-state index contributed by atoms with van der Waals surface area (Å²) in [5, 5.41) is 0. The molecule has 0 atom stereocenters. The van der Waals surface area contributed by atoms with Gasteiger partial charge < -0.3 is 9.80 Å². The van der Waals surface area contributed by atoms with Gasteiger partial charge in [0.1, 0.15) is 0 Å². The van der Waals surface area contributed by atoms with E-state index in [-0.39, 0.29) is 0 Å². The van der Waals surface area contributed by atoms with Crippen LogP contribution in [0.4, 0.5) is 34.1 Å². The molecule has 0 spiro atoms. The Kier molecular flexibility index (Phi) is 8.33. The first-order valence-corrected chi connectivity index (χ1v) is 16.4. The summed E-state index contributed by atoms with van der Waals surface area (Å²) in [6, 6.07) is 53.0. The minimum Gasteiger partial charge on any atom is -0.311 e. The molecule has 0 saturated heterocycles. The molecule has 0 N–H and O–H groups in total. The monoisotopic (exact) mass is 608 g/mol. The quantitative estimate of drug-likeness (QED) is 0.170. The fourth-order valence-electron chi connectivity index (χ4n) is 6.24. The fraction of sp³-hybridized carbons (Fsp3) is 0.111. The number of anilines is 6. The first kappa shape index (κ1) is 30.1. The molecule has 230 valence electrons. The maximum Gasteiger partial charge on any atom is 0.0462 e. The highest BCUT2D eigenvalue weighted by atomic mass is 15.1. The van der Waals surface area contributed by atoms with Crippen LogP contribution < -0.4 is 9.80 Å². The minimum atomic E-state index is 0.915. The van der Waals surface area contributed by atoms with Crippen LogP contribution in [0.1, 0.15) is 39.8 Å². The molecule has 2 nitrogen and oxygen atoms in total. The number of hydrogen-bond acceptors (Lipinski definition) is 2. The Morgan fingerprint density at radius 3 is 0.745 bits per heavy atom. The van der Waals surface area contributed by atoms with Gasteiger partial charge in [-0.1, -0.05) is 107 Å². The third-order valence-corrected chi connectivity index (χ3v) is 9.03. The van der Waals surface area contributed by atoms with Gasteiger partial charge in [-0.15, -0.1) is 0 Å². The third kappa shape index (κ3) is 6.55. The van der Waals surface area contributed by atoms with E-state index in [0.717, 1.165) is 40.5 Å². The Bertz CT molecular complexity index is 1790. The number of hydrogen-bond donors (Lipinski definition) is 0. The second-order valence-electron chi connectivity index (χ2n) is 12.7. The largest absolute Gasteiger partial charge is 0.311 e. The minimum absolute atomic E-state index is 0.915. The van der Waals surface area contributed by atoms with Crippen molar-refractivity contribution in [2.45, 2.75) is 34.1 Å². The van der Waals surface area contributed by atoms with Gasteiger partial charge in [0.15, 0.2) is 0 Å². The molecule has 1 aliphatic rings. The lowest BCUT2D eigenvalue weighted by molar-refractivity contribution is 1.26. The predicted molar refractivity (Wildman–Crippen MR) is 202 cm³/mol. The van der Waals surface area contributed by atoms with E-state index in [0.29, 0.717) is 0 Å². The average molecular weight is 609 g/mol. The van der Waals surface area contributed by atoms with Crippen molar-refractivity contribution >= 4 is 45.3 Å². The van der Waals surface area contributed by atoms with Crippen molar-refractivity contribution in [3.63, 3.8) is 0 Å². The van der Waals surface area contributed by atoms with Crippen LogP contribution in [0.5, 0.6) is 0 Å². The van der Waals surface area contributed by atoms with Crippen LogP contribution in [0.15, 0.2) is 158 Å². The molecule has 0 radical (unpaired) electrons. The number of benzene rings is 6. The highest BCUT2D eigenvalue weighted by Gasteiger charge is 2.17. The first-order chi connectivity index (χ1) is 22.9. The van der Waals surface area contributed by atoms with Gasteiger partial charge in [0, 0.05) is 34.1 Å². The van der Waals surface area contributed by atoms with E-state index in [1.54, 1.807) is 0 Å². The maximum absolute atomic E-state index is 2.33. The van der Waals surface area contributed by atoms with Crippen LogP contribution >= 0.6 is 0 Å². The Morgan fingerprint density at radius 2 is 0.511 bits per heavy atom. The van der Waals surface area contributed by atoms with Crippen LogP contribution in [0.25, 0.3) is 11.1 Å². The van der Waals surface area contributed by atoms with Gasteiger partial charge in [-0.05, 0) is 129 Å². The van der Waals surface area contributed by atoms with E-state index in [2.05, 4.69) is 195 Å². The van der Waals surface area contributed by atoms with E-state index in [4.69, 9.17) is 0 Å². The first-order valence-electron chi connectivity index (χ1n) is 16.4. The molecular weight excluding hydrogens is 569 g/mol. The zero-order valence-electron chi connectivity index (χ0n) is 27.6. The maximum atomic E-state index is 2.33. The van der Waals surface area contributed by atoms with E-state index in [9.17, 15) is 0 Å².